The number of aliphatic hydroxyl groups excluding tert-OH is 1. The Balaban J connectivity index is 1.71. The van der Waals surface area contributed by atoms with E-state index in [1.165, 1.54) is 0 Å². The fraction of sp³-hybridized carbons (Fsp3) is 0.200. The van der Waals surface area contributed by atoms with Gasteiger partial charge in [0.2, 0.25) is 5.95 Å². The summed E-state index contributed by atoms with van der Waals surface area (Å²) in [5.74, 6) is 7.97. The quantitative estimate of drug-likeness (QED) is 0.274. The van der Waals surface area contributed by atoms with Crippen molar-refractivity contribution in [1.29, 1.82) is 0 Å². The second-order valence-corrected chi connectivity index (χ2v) is 6.11. The number of benzene rings is 2. The molecule has 0 saturated heterocycles. The molecule has 0 radical (unpaired) electrons. The van der Waals surface area contributed by atoms with Crippen LogP contribution >= 0.6 is 0 Å². The Kier molecular flexibility index (Phi) is 6.67. The molecule has 1 unspecified atom stereocenters. The number of nitrogen functional groups attached to an aromatic ring is 1. The fourth-order valence-corrected chi connectivity index (χ4v) is 2.70. The highest BCUT2D eigenvalue weighted by atomic mass is 16.5. The molecule has 0 amide bonds. The molecule has 29 heavy (non-hydrogen) atoms. The number of ether oxygens (including phenoxy) is 2. The Morgan fingerprint density at radius 2 is 1.69 bits per heavy atom. The number of methoxy groups -OCH3 is 2. The molecule has 0 aliphatic heterocycles. The summed E-state index contributed by atoms with van der Waals surface area (Å²) in [5.41, 5.74) is 4.05. The number of nitrogens with one attached hydrogen (secondary N) is 3. The largest absolute Gasteiger partial charge is 0.493 e. The van der Waals surface area contributed by atoms with E-state index >= 15 is 0 Å². The number of aliphatic hydroxyl groups is 1. The minimum Gasteiger partial charge on any atom is -0.493 e. The van der Waals surface area contributed by atoms with Crippen molar-refractivity contribution in [3.05, 3.63) is 60.2 Å². The van der Waals surface area contributed by atoms with E-state index in [0.717, 1.165) is 5.69 Å². The van der Waals surface area contributed by atoms with Crippen LogP contribution in [0.1, 0.15) is 11.7 Å². The van der Waals surface area contributed by atoms with Crippen molar-refractivity contribution in [3.8, 4) is 11.5 Å². The first-order valence-electron chi connectivity index (χ1n) is 8.94. The highest BCUT2D eigenvalue weighted by molar-refractivity contribution is 5.58. The van der Waals surface area contributed by atoms with Crippen molar-refractivity contribution in [2.45, 2.75) is 6.10 Å². The third-order valence-electron chi connectivity index (χ3n) is 4.17. The number of nitrogens with zero attached hydrogens (tertiary/aromatic N) is 2. The number of rotatable bonds is 9. The van der Waals surface area contributed by atoms with E-state index in [1.54, 1.807) is 38.5 Å². The summed E-state index contributed by atoms with van der Waals surface area (Å²) in [6.07, 6.45) is -0.787. The van der Waals surface area contributed by atoms with Crippen molar-refractivity contribution in [3.63, 3.8) is 0 Å². The van der Waals surface area contributed by atoms with Crippen molar-refractivity contribution < 1.29 is 14.6 Å². The first-order valence-corrected chi connectivity index (χ1v) is 8.94. The zero-order valence-corrected chi connectivity index (χ0v) is 16.2. The lowest BCUT2D eigenvalue weighted by Gasteiger charge is -2.16. The number of nitrogens with two attached hydrogens (primary N) is 1. The summed E-state index contributed by atoms with van der Waals surface area (Å²) in [4.78, 5) is 8.70. The lowest BCUT2D eigenvalue weighted by atomic mass is 10.1. The Morgan fingerprint density at radius 3 is 2.38 bits per heavy atom. The van der Waals surface area contributed by atoms with Gasteiger partial charge in [-0.1, -0.05) is 24.3 Å². The van der Waals surface area contributed by atoms with E-state index in [2.05, 4.69) is 26.0 Å². The van der Waals surface area contributed by atoms with E-state index in [4.69, 9.17) is 15.3 Å². The second-order valence-electron chi connectivity index (χ2n) is 6.11. The van der Waals surface area contributed by atoms with Gasteiger partial charge in [-0.3, -0.25) is 0 Å². The maximum Gasteiger partial charge on any atom is 0.231 e. The van der Waals surface area contributed by atoms with Gasteiger partial charge in [-0.15, -0.1) is 0 Å². The number of hydrazine groups is 1. The number of para-hydroxylation sites is 1. The van der Waals surface area contributed by atoms with Crippen LogP contribution in [0, 0.1) is 0 Å². The monoisotopic (exact) mass is 396 g/mol. The zero-order chi connectivity index (χ0) is 20.6. The molecule has 6 N–H and O–H groups in total. The molecule has 0 saturated carbocycles. The van der Waals surface area contributed by atoms with Gasteiger partial charge in [0.1, 0.15) is 11.6 Å². The molecule has 3 aromatic rings. The molecule has 152 valence electrons. The van der Waals surface area contributed by atoms with Crippen LogP contribution in [-0.4, -0.2) is 35.8 Å². The molecule has 0 spiro atoms. The summed E-state index contributed by atoms with van der Waals surface area (Å²) < 4.78 is 10.5. The zero-order valence-electron chi connectivity index (χ0n) is 16.2. The van der Waals surface area contributed by atoms with E-state index in [0.29, 0.717) is 34.6 Å². The van der Waals surface area contributed by atoms with Gasteiger partial charge < -0.3 is 30.6 Å². The first kappa shape index (κ1) is 20.2. The molecule has 0 aliphatic carbocycles. The van der Waals surface area contributed by atoms with E-state index in [9.17, 15) is 5.11 Å². The lowest BCUT2D eigenvalue weighted by molar-refractivity contribution is 0.191. The number of hydrogen-bond acceptors (Lipinski definition) is 9. The Morgan fingerprint density at radius 1 is 0.966 bits per heavy atom. The molecular formula is C20H24N6O3. The highest BCUT2D eigenvalue weighted by Crippen LogP contribution is 2.30. The van der Waals surface area contributed by atoms with Gasteiger partial charge in [0, 0.05) is 18.3 Å². The molecule has 0 aliphatic rings. The molecule has 1 heterocycles. The van der Waals surface area contributed by atoms with Gasteiger partial charge in [-0.05, 0) is 29.8 Å². The normalized spacial score (nSPS) is 11.4. The topological polar surface area (TPSA) is 127 Å². The molecule has 9 heteroatoms. The van der Waals surface area contributed by atoms with Crippen LogP contribution in [0.25, 0.3) is 0 Å². The minimum absolute atomic E-state index is 0.223. The molecule has 1 atom stereocenters. The molecule has 0 fully saturated rings. The Labute approximate surface area is 168 Å². The molecule has 0 bridgehead atoms. The summed E-state index contributed by atoms with van der Waals surface area (Å²) in [6.45, 7) is 0.223. The SMILES string of the molecule is COc1ccc(C(O)CNc2cc(NN)nc(Nc3ccccc3)n2)cc1OC. The summed E-state index contributed by atoms with van der Waals surface area (Å²) in [7, 11) is 3.12. The van der Waals surface area contributed by atoms with Gasteiger partial charge in [-0.25, -0.2) is 5.84 Å². The van der Waals surface area contributed by atoms with Crippen molar-refractivity contribution in [1.82, 2.24) is 9.97 Å². The number of anilines is 4. The molecule has 2 aromatic carbocycles. The predicted octanol–water partition coefficient (Wildman–Crippen LogP) is 2.67. The minimum atomic E-state index is -0.787. The number of aromatic nitrogens is 2. The summed E-state index contributed by atoms with van der Waals surface area (Å²) >= 11 is 0. The average Bonchev–Trinajstić information content (AvgIpc) is 2.77. The van der Waals surface area contributed by atoms with Crippen LogP contribution in [0.4, 0.5) is 23.3 Å². The van der Waals surface area contributed by atoms with Crippen LogP contribution < -0.4 is 31.4 Å². The second kappa shape index (κ2) is 9.58. The van der Waals surface area contributed by atoms with E-state index < -0.39 is 6.10 Å². The highest BCUT2D eigenvalue weighted by Gasteiger charge is 2.13. The van der Waals surface area contributed by atoms with E-state index in [-0.39, 0.29) is 6.54 Å². The van der Waals surface area contributed by atoms with Crippen LogP contribution in [-0.2, 0) is 0 Å². The predicted molar refractivity (Wildman–Crippen MR) is 113 cm³/mol. The van der Waals surface area contributed by atoms with Crippen LogP contribution in [0.3, 0.4) is 0 Å². The maximum atomic E-state index is 10.5. The molecular weight excluding hydrogens is 372 g/mol. The Hall–Kier alpha value is -3.56. The van der Waals surface area contributed by atoms with Crippen molar-refractivity contribution >= 4 is 23.3 Å². The summed E-state index contributed by atoms with van der Waals surface area (Å²) in [6, 6.07) is 16.5. The van der Waals surface area contributed by atoms with Gasteiger partial charge >= 0.3 is 0 Å². The van der Waals surface area contributed by atoms with Crippen LogP contribution in [0.2, 0.25) is 0 Å². The van der Waals surface area contributed by atoms with Crippen LogP contribution in [0.5, 0.6) is 11.5 Å². The van der Waals surface area contributed by atoms with E-state index in [1.807, 2.05) is 30.3 Å². The lowest BCUT2D eigenvalue weighted by Crippen LogP contribution is -2.15. The van der Waals surface area contributed by atoms with Gasteiger partial charge in [0.15, 0.2) is 11.5 Å². The molecule has 9 nitrogen and oxygen atoms in total. The van der Waals surface area contributed by atoms with Gasteiger partial charge in [-0.2, -0.15) is 9.97 Å². The summed E-state index contributed by atoms with van der Waals surface area (Å²) in [5, 5.41) is 16.8. The molecule has 3 rings (SSSR count). The van der Waals surface area contributed by atoms with Gasteiger partial charge in [0.25, 0.3) is 0 Å². The molecule has 1 aromatic heterocycles. The maximum absolute atomic E-state index is 10.5. The van der Waals surface area contributed by atoms with Crippen molar-refractivity contribution in [2.24, 2.45) is 5.84 Å². The van der Waals surface area contributed by atoms with Gasteiger partial charge in [0.05, 0.1) is 20.3 Å². The third-order valence-corrected chi connectivity index (χ3v) is 4.17. The fourth-order valence-electron chi connectivity index (χ4n) is 2.70. The van der Waals surface area contributed by atoms with Crippen LogP contribution in [0.15, 0.2) is 54.6 Å². The number of hydrogen-bond donors (Lipinski definition) is 5. The van der Waals surface area contributed by atoms with Crippen molar-refractivity contribution in [2.75, 3.05) is 36.8 Å². The average molecular weight is 396 g/mol. The smallest absolute Gasteiger partial charge is 0.231 e. The Bertz CT molecular complexity index is 939. The third kappa shape index (κ3) is 5.24. The first-order chi connectivity index (χ1) is 14.1. The standard InChI is InChI=1S/C20H24N6O3/c1-28-16-9-8-13(10-17(16)29-2)15(27)12-22-18-11-19(26-21)25-20(24-18)23-14-6-4-3-5-7-14/h3-11,15,27H,12,21H2,1-2H3,(H3,22,23,24,25,26).